The maximum absolute atomic E-state index is 11.1. The average molecular weight is 417 g/mol. The summed E-state index contributed by atoms with van der Waals surface area (Å²) in [6.07, 6.45) is 2.28. The van der Waals surface area contributed by atoms with Gasteiger partial charge in [0, 0.05) is 23.4 Å². The summed E-state index contributed by atoms with van der Waals surface area (Å²) in [6.45, 7) is 2.09. The molecular weight excluding hydrogens is 398 g/mol. The first-order chi connectivity index (χ1) is 15.0. The topological polar surface area (TPSA) is 111 Å². The van der Waals surface area contributed by atoms with Gasteiger partial charge in [-0.25, -0.2) is 4.98 Å². The smallest absolute Gasteiger partial charge is 0.274 e. The van der Waals surface area contributed by atoms with E-state index in [1.54, 1.807) is 12.1 Å². The first-order valence-electron chi connectivity index (χ1n) is 9.58. The Hall–Kier alpha value is -4.20. The fraction of sp³-hybridized carbons (Fsp3) is 0.130. The van der Waals surface area contributed by atoms with Gasteiger partial charge in [0.1, 0.15) is 5.52 Å². The number of hydrogen-bond donors (Lipinski definition) is 1. The molecule has 3 aromatic carbocycles. The summed E-state index contributed by atoms with van der Waals surface area (Å²) in [4.78, 5) is 19.4. The molecule has 0 spiro atoms. The maximum atomic E-state index is 11.1. The fourth-order valence-electron chi connectivity index (χ4n) is 3.12. The van der Waals surface area contributed by atoms with Crippen molar-refractivity contribution < 1.29 is 19.2 Å². The van der Waals surface area contributed by atoms with E-state index in [1.165, 1.54) is 25.0 Å². The van der Waals surface area contributed by atoms with Gasteiger partial charge in [0.05, 0.1) is 23.8 Å². The van der Waals surface area contributed by atoms with Crippen molar-refractivity contribution in [2.75, 3.05) is 7.11 Å². The molecule has 0 aliphatic heterocycles. The Labute approximate surface area is 177 Å². The summed E-state index contributed by atoms with van der Waals surface area (Å²) in [5, 5.41) is 21.3. The van der Waals surface area contributed by atoms with E-state index in [4.69, 9.17) is 9.15 Å². The Balaban J connectivity index is 1.60. The first-order valence-corrected chi connectivity index (χ1v) is 9.58. The Morgan fingerprint density at radius 1 is 1.19 bits per heavy atom. The van der Waals surface area contributed by atoms with Gasteiger partial charge in [0.25, 0.3) is 5.69 Å². The van der Waals surface area contributed by atoms with Crippen molar-refractivity contribution in [1.29, 1.82) is 0 Å². The number of rotatable bonds is 6. The largest absolute Gasteiger partial charge is 0.504 e. The van der Waals surface area contributed by atoms with Crippen LogP contribution in [0.3, 0.4) is 0 Å². The number of phenolic OH excluding ortho intramolecular Hbond substituents is 1. The third-order valence-electron chi connectivity index (χ3n) is 4.85. The molecule has 8 nitrogen and oxygen atoms in total. The maximum Gasteiger partial charge on any atom is 0.274 e. The van der Waals surface area contributed by atoms with E-state index in [0.29, 0.717) is 11.6 Å². The molecule has 156 valence electrons. The van der Waals surface area contributed by atoms with Crippen LogP contribution in [0.25, 0.3) is 22.6 Å². The third kappa shape index (κ3) is 4.09. The average Bonchev–Trinajstić information content (AvgIpc) is 3.21. The predicted molar refractivity (Wildman–Crippen MR) is 117 cm³/mol. The second-order valence-electron chi connectivity index (χ2n) is 6.82. The zero-order valence-corrected chi connectivity index (χ0v) is 16.9. The summed E-state index contributed by atoms with van der Waals surface area (Å²) < 4.78 is 10.8. The molecular formula is C23H19N3O5. The molecule has 31 heavy (non-hydrogen) atoms. The van der Waals surface area contributed by atoms with Gasteiger partial charge in [-0.15, -0.1) is 0 Å². The number of aryl methyl sites for hydroxylation is 1. The fourth-order valence-corrected chi connectivity index (χ4v) is 3.12. The van der Waals surface area contributed by atoms with Crippen LogP contribution < -0.4 is 4.74 Å². The van der Waals surface area contributed by atoms with Gasteiger partial charge in [0.15, 0.2) is 17.1 Å². The highest BCUT2D eigenvalue weighted by atomic mass is 16.6. The lowest BCUT2D eigenvalue weighted by molar-refractivity contribution is -0.385. The van der Waals surface area contributed by atoms with Crippen molar-refractivity contribution in [3.63, 3.8) is 0 Å². The number of aromatic hydroxyl groups is 1. The van der Waals surface area contributed by atoms with E-state index >= 15 is 0 Å². The lowest BCUT2D eigenvalue weighted by Crippen LogP contribution is -1.94. The van der Waals surface area contributed by atoms with Gasteiger partial charge in [-0.1, -0.05) is 13.0 Å². The predicted octanol–water partition coefficient (Wildman–Crippen LogP) is 5.43. The van der Waals surface area contributed by atoms with E-state index in [0.717, 1.165) is 29.2 Å². The zero-order valence-electron chi connectivity index (χ0n) is 16.9. The van der Waals surface area contributed by atoms with Gasteiger partial charge in [-0.05, 0) is 48.4 Å². The van der Waals surface area contributed by atoms with Crippen molar-refractivity contribution in [1.82, 2.24) is 4.98 Å². The Morgan fingerprint density at radius 3 is 2.65 bits per heavy atom. The van der Waals surface area contributed by atoms with E-state index in [1.807, 2.05) is 30.3 Å². The molecule has 1 heterocycles. The lowest BCUT2D eigenvalue weighted by Gasteiger charge is -2.06. The Kier molecular flexibility index (Phi) is 5.36. The molecule has 0 saturated carbocycles. The number of nitro benzene ring substituents is 1. The van der Waals surface area contributed by atoms with Crippen LogP contribution in [-0.4, -0.2) is 28.3 Å². The normalized spacial score (nSPS) is 11.3. The van der Waals surface area contributed by atoms with Gasteiger partial charge >= 0.3 is 0 Å². The molecule has 0 bridgehead atoms. The van der Waals surface area contributed by atoms with Crippen molar-refractivity contribution >= 4 is 28.7 Å². The molecule has 0 amide bonds. The van der Waals surface area contributed by atoms with Crippen LogP contribution in [0.15, 0.2) is 64.0 Å². The van der Waals surface area contributed by atoms with E-state index in [-0.39, 0.29) is 22.7 Å². The Bertz CT molecular complexity index is 1290. The molecule has 0 atom stereocenters. The number of non-ortho nitro benzene ring substituents is 1. The molecule has 0 radical (unpaired) electrons. The highest BCUT2D eigenvalue weighted by molar-refractivity contribution is 5.88. The van der Waals surface area contributed by atoms with Crippen molar-refractivity contribution in [2.45, 2.75) is 13.3 Å². The van der Waals surface area contributed by atoms with Gasteiger partial charge < -0.3 is 14.3 Å². The number of benzene rings is 3. The molecule has 0 fully saturated rings. The number of methoxy groups -OCH3 is 1. The second-order valence-corrected chi connectivity index (χ2v) is 6.82. The summed E-state index contributed by atoms with van der Waals surface area (Å²) in [5.74, 6) is 0.305. The van der Waals surface area contributed by atoms with E-state index < -0.39 is 4.92 Å². The number of oxazole rings is 1. The molecule has 0 aliphatic rings. The number of phenols is 1. The van der Waals surface area contributed by atoms with Crippen molar-refractivity contribution in [2.24, 2.45) is 4.99 Å². The number of fused-ring (bicyclic) bond motifs is 1. The molecule has 1 N–H and O–H groups in total. The van der Waals surface area contributed by atoms with Crippen LogP contribution in [0.4, 0.5) is 11.4 Å². The number of hydrogen-bond acceptors (Lipinski definition) is 7. The van der Waals surface area contributed by atoms with E-state index in [2.05, 4.69) is 16.9 Å². The van der Waals surface area contributed by atoms with Gasteiger partial charge in [-0.2, -0.15) is 0 Å². The van der Waals surface area contributed by atoms with Crippen molar-refractivity contribution in [3.8, 4) is 23.0 Å². The molecule has 1 aromatic heterocycles. The van der Waals surface area contributed by atoms with Crippen LogP contribution in [0.1, 0.15) is 18.1 Å². The monoisotopic (exact) mass is 417 g/mol. The SMILES string of the molecule is CCc1ccc2oc(-c3ccc(N=Cc4cc([N+](=O)[O-])cc(OC)c4O)cc3)nc2c1. The molecule has 0 saturated heterocycles. The second kappa shape index (κ2) is 8.27. The van der Waals surface area contributed by atoms with Crippen LogP contribution >= 0.6 is 0 Å². The molecule has 8 heteroatoms. The molecule has 0 aliphatic carbocycles. The van der Waals surface area contributed by atoms with Gasteiger partial charge in [-0.3, -0.25) is 15.1 Å². The van der Waals surface area contributed by atoms with Crippen LogP contribution in [0.2, 0.25) is 0 Å². The summed E-state index contributed by atoms with van der Waals surface area (Å²) >= 11 is 0. The van der Waals surface area contributed by atoms with Crippen molar-refractivity contribution in [3.05, 3.63) is 75.8 Å². The minimum absolute atomic E-state index is 0.00758. The van der Waals surface area contributed by atoms with Crippen LogP contribution in [0.5, 0.6) is 11.5 Å². The number of nitrogens with zero attached hydrogens (tertiary/aromatic N) is 3. The standard InChI is InChI=1S/C23H19N3O5/c1-3-14-4-9-20-19(10-14)25-23(31-20)15-5-7-17(8-6-15)24-13-16-11-18(26(28)29)12-21(30-2)22(16)27/h4-13,27H,3H2,1-2H3. The summed E-state index contributed by atoms with van der Waals surface area (Å²) in [6, 6.07) is 15.5. The summed E-state index contributed by atoms with van der Waals surface area (Å²) in [5.41, 5.74) is 4.11. The quantitative estimate of drug-likeness (QED) is 0.254. The minimum Gasteiger partial charge on any atom is -0.504 e. The molecule has 4 aromatic rings. The first kappa shape index (κ1) is 20.1. The number of aliphatic imine (C=N–C) groups is 1. The van der Waals surface area contributed by atoms with Gasteiger partial charge in [0.2, 0.25) is 5.89 Å². The van der Waals surface area contributed by atoms with Crippen LogP contribution in [0, 0.1) is 10.1 Å². The zero-order chi connectivity index (χ0) is 22.0. The van der Waals surface area contributed by atoms with E-state index in [9.17, 15) is 15.2 Å². The number of aromatic nitrogens is 1. The molecule has 0 unspecified atom stereocenters. The van der Waals surface area contributed by atoms with Crippen LogP contribution in [-0.2, 0) is 6.42 Å². The highest BCUT2D eigenvalue weighted by Gasteiger charge is 2.16. The number of ether oxygens (including phenoxy) is 1. The Morgan fingerprint density at radius 2 is 1.97 bits per heavy atom. The number of nitro groups is 1. The lowest BCUT2D eigenvalue weighted by atomic mass is 10.1. The summed E-state index contributed by atoms with van der Waals surface area (Å²) in [7, 11) is 1.33. The highest BCUT2D eigenvalue weighted by Crippen LogP contribution is 2.34. The third-order valence-corrected chi connectivity index (χ3v) is 4.85. The minimum atomic E-state index is -0.558. The molecule has 4 rings (SSSR count).